The zero-order valence-electron chi connectivity index (χ0n) is 9.72. The molecule has 0 saturated heterocycles. The van der Waals surface area contributed by atoms with Crippen LogP contribution >= 0.6 is 0 Å². The molecule has 3 aromatic rings. The van der Waals surface area contributed by atoms with E-state index in [1.54, 1.807) is 0 Å². The number of aromatic amines is 1. The van der Waals surface area contributed by atoms with Gasteiger partial charge in [0.25, 0.3) is 0 Å². The summed E-state index contributed by atoms with van der Waals surface area (Å²) in [5.74, 6) is 0.928. The van der Waals surface area contributed by atoms with Gasteiger partial charge in [0.1, 0.15) is 5.82 Å². The van der Waals surface area contributed by atoms with Gasteiger partial charge in [-0.25, -0.2) is 4.98 Å². The van der Waals surface area contributed by atoms with Crippen molar-refractivity contribution >= 4 is 11.0 Å². The van der Waals surface area contributed by atoms with Gasteiger partial charge in [-0.1, -0.05) is 42.5 Å². The number of fused-ring (bicyclic) bond motifs is 1. The molecule has 0 fully saturated rings. The van der Waals surface area contributed by atoms with Crippen molar-refractivity contribution in [3.8, 4) is 11.4 Å². The summed E-state index contributed by atoms with van der Waals surface area (Å²) >= 11 is 0. The van der Waals surface area contributed by atoms with Crippen molar-refractivity contribution in [1.82, 2.24) is 9.97 Å². The van der Waals surface area contributed by atoms with Crippen molar-refractivity contribution < 1.29 is 55.8 Å². The minimum absolute atomic E-state index is 0. The number of aromatic nitrogens is 2. The maximum absolute atomic E-state index is 4.53. The van der Waals surface area contributed by atoms with Crippen molar-refractivity contribution in [3.63, 3.8) is 0 Å². The van der Waals surface area contributed by atoms with Crippen LogP contribution in [0, 0.1) is 0 Å². The zero-order chi connectivity index (χ0) is 10.1. The molecule has 0 bridgehead atoms. The van der Waals surface area contributed by atoms with Gasteiger partial charge in [-0.05, 0) is 12.1 Å². The fraction of sp³-hybridized carbons (Fsp3) is 0. The second-order valence-electron chi connectivity index (χ2n) is 3.47. The number of nitrogens with zero attached hydrogens (tertiary/aromatic N) is 1. The van der Waals surface area contributed by atoms with E-state index in [2.05, 4.69) is 22.1 Å². The van der Waals surface area contributed by atoms with Crippen LogP contribution in [0.4, 0.5) is 0 Å². The normalized spacial score (nSPS) is 8.42. The topological polar surface area (TPSA) is 28.7 Å². The summed E-state index contributed by atoms with van der Waals surface area (Å²) in [6, 6.07) is 18.2. The van der Waals surface area contributed by atoms with Crippen molar-refractivity contribution in [1.29, 1.82) is 0 Å². The van der Waals surface area contributed by atoms with Crippen LogP contribution in [0.3, 0.4) is 0 Å². The summed E-state index contributed by atoms with van der Waals surface area (Å²) in [5.41, 5.74) is 3.21. The Kier molecular flexibility index (Phi) is 10.1. The number of rotatable bonds is 1. The molecule has 1 aromatic heterocycles. The summed E-state index contributed by atoms with van der Waals surface area (Å²) in [4.78, 5) is 7.83. The van der Waals surface area contributed by atoms with Gasteiger partial charge >= 0.3 is 0 Å². The molecule has 0 amide bonds. The van der Waals surface area contributed by atoms with Crippen LogP contribution in [0.2, 0.25) is 0 Å². The molecule has 1 heterocycles. The summed E-state index contributed by atoms with van der Waals surface area (Å²) in [6.07, 6.45) is 0. The third kappa shape index (κ3) is 4.45. The van der Waals surface area contributed by atoms with Crippen LogP contribution in [0.5, 0.6) is 0 Å². The van der Waals surface area contributed by atoms with E-state index in [0.717, 1.165) is 22.4 Å². The van der Waals surface area contributed by atoms with Crippen LogP contribution in [0.15, 0.2) is 54.6 Å². The minimum atomic E-state index is 0. The van der Waals surface area contributed by atoms with E-state index < -0.39 is 0 Å². The molecule has 0 saturated carbocycles. The van der Waals surface area contributed by atoms with Gasteiger partial charge in [0.2, 0.25) is 0 Å². The van der Waals surface area contributed by atoms with E-state index in [0.29, 0.717) is 0 Å². The molecule has 19 heavy (non-hydrogen) atoms. The van der Waals surface area contributed by atoms with Gasteiger partial charge in [0, 0.05) is 24.1 Å². The van der Waals surface area contributed by atoms with E-state index >= 15 is 0 Å². The molecule has 3 rings (SSSR count). The predicted octanol–water partition coefficient (Wildman–Crippen LogP) is -5.76. The second-order valence-corrected chi connectivity index (χ2v) is 3.47. The third-order valence-electron chi connectivity index (χ3n) is 2.44. The van der Waals surface area contributed by atoms with Crippen molar-refractivity contribution in [2.75, 3.05) is 0 Å². The number of halogens is 3. The predicted molar refractivity (Wildman–Crippen MR) is 61.5 cm³/mol. The Hall–Kier alpha value is -0.636. The van der Waals surface area contributed by atoms with Gasteiger partial charge in [0.05, 0.1) is 11.0 Å². The molecule has 0 unspecified atom stereocenters. The van der Waals surface area contributed by atoms with E-state index in [1.165, 1.54) is 0 Å². The van der Waals surface area contributed by atoms with E-state index in [9.17, 15) is 0 Å². The Balaban J connectivity index is 0. The average Bonchev–Trinajstić information content (AvgIpc) is 2.74. The number of H-pyrrole nitrogens is 1. The maximum atomic E-state index is 4.53. The smallest absolute Gasteiger partial charge is 0.138 e. The van der Waals surface area contributed by atoms with Crippen LogP contribution in [-0.4, -0.2) is 9.97 Å². The zero-order valence-corrected chi connectivity index (χ0v) is 13.4. The molecule has 0 aliphatic rings. The Bertz CT molecular complexity index is 566. The van der Waals surface area contributed by atoms with Gasteiger partial charge in [0.15, 0.2) is 0 Å². The first-order chi connectivity index (χ1) is 7.43. The summed E-state index contributed by atoms with van der Waals surface area (Å²) in [7, 11) is 0. The molecule has 1 N–H and O–H groups in total. The monoisotopic (exact) mass is 350 g/mol. The maximum Gasteiger partial charge on any atom is 0.138 e. The largest absolute Gasteiger partial charge is 1.00 e. The van der Waals surface area contributed by atoms with Crippen molar-refractivity contribution in [3.05, 3.63) is 54.6 Å². The van der Waals surface area contributed by atoms with E-state index in [4.69, 9.17) is 0 Å². The number of hydrogen-bond acceptors (Lipinski definition) is 1. The summed E-state index contributed by atoms with van der Waals surface area (Å²) in [6.45, 7) is 0. The van der Waals surface area contributed by atoms with E-state index in [-0.39, 0.29) is 55.8 Å². The second kappa shape index (κ2) is 9.30. The van der Waals surface area contributed by atoms with Crippen LogP contribution < -0.4 is 37.2 Å². The number of benzene rings is 2. The van der Waals surface area contributed by atoms with Gasteiger partial charge in [-0.15, -0.1) is 0 Å². The van der Waals surface area contributed by atoms with Gasteiger partial charge < -0.3 is 42.2 Å². The minimum Gasteiger partial charge on any atom is -1.00 e. The molecule has 2 aromatic carbocycles. The fourth-order valence-electron chi connectivity index (χ4n) is 1.69. The van der Waals surface area contributed by atoms with Gasteiger partial charge in [-0.3, -0.25) is 0 Å². The first-order valence-electron chi connectivity index (χ1n) is 4.94. The summed E-state index contributed by atoms with van der Waals surface area (Å²) in [5, 5.41) is 0. The summed E-state index contributed by atoms with van der Waals surface area (Å²) < 4.78 is 0. The molecule has 0 aliphatic carbocycles. The number of nitrogens with one attached hydrogen (secondary N) is 1. The number of para-hydroxylation sites is 2. The first kappa shape index (κ1) is 20.7. The first-order valence-corrected chi connectivity index (χ1v) is 4.94. The molecule has 0 atom stereocenters. The quantitative estimate of drug-likeness (QED) is 0.465. The average molecular weight is 352 g/mol. The number of hydrogen-bond donors (Lipinski definition) is 1. The molecule has 2 nitrogen and oxygen atoms in total. The van der Waals surface area contributed by atoms with Crippen molar-refractivity contribution in [2.45, 2.75) is 0 Å². The molecule has 0 aliphatic heterocycles. The molecular weight excluding hydrogens is 341 g/mol. The van der Waals surface area contributed by atoms with Crippen LogP contribution in [-0.2, 0) is 18.6 Å². The Morgan fingerprint density at radius 3 is 1.95 bits per heavy atom. The Labute approximate surface area is 142 Å². The molecule has 0 spiro atoms. The van der Waals surface area contributed by atoms with Crippen LogP contribution in [0.1, 0.15) is 0 Å². The molecule has 1 radical (unpaired) electrons. The molecular formula is C13H10Cl3N2V-3. The third-order valence-corrected chi connectivity index (χ3v) is 2.44. The standard InChI is InChI=1S/C13H10N2.3ClH.V/c1-2-6-10(7-3-1)13-14-11-8-4-5-9-12(11)15-13;;;;/h1-9H,(H,14,15);3*1H;/p-3. The number of imidazole rings is 1. The van der Waals surface area contributed by atoms with Crippen molar-refractivity contribution in [2.24, 2.45) is 0 Å². The van der Waals surface area contributed by atoms with Gasteiger partial charge in [-0.2, -0.15) is 0 Å². The van der Waals surface area contributed by atoms with E-state index in [1.807, 2.05) is 42.5 Å². The SMILES string of the molecule is [Cl-].[Cl-].[Cl-].[V].c1ccc(-c2nc3ccccc3[nH]2)cc1. The fourth-order valence-corrected chi connectivity index (χ4v) is 1.69. The van der Waals surface area contributed by atoms with Crippen LogP contribution in [0.25, 0.3) is 22.4 Å². The molecule has 101 valence electrons. The Morgan fingerprint density at radius 2 is 1.32 bits per heavy atom. The Morgan fingerprint density at radius 1 is 0.737 bits per heavy atom. The molecule has 6 heteroatoms.